The van der Waals surface area contributed by atoms with E-state index in [1.165, 1.54) is 12.8 Å². The summed E-state index contributed by atoms with van der Waals surface area (Å²) in [6, 6.07) is 0. The molecular weight excluding hydrogens is 168 g/mol. The van der Waals surface area contributed by atoms with Crippen molar-refractivity contribution < 1.29 is 0 Å². The SMILES string of the molecule is C[C@H](C1CCC1(C)C)[C@@H](C)C(C)(C)C. The van der Waals surface area contributed by atoms with E-state index in [9.17, 15) is 0 Å². The molecule has 0 nitrogen and oxygen atoms in total. The van der Waals surface area contributed by atoms with Gasteiger partial charge in [0.25, 0.3) is 0 Å². The normalized spacial score (nSPS) is 30.6. The average Bonchev–Trinajstić information content (AvgIpc) is 1.99. The summed E-state index contributed by atoms with van der Waals surface area (Å²) >= 11 is 0. The third-order valence-electron chi connectivity index (χ3n) is 4.89. The van der Waals surface area contributed by atoms with Crippen LogP contribution in [0.3, 0.4) is 0 Å². The zero-order valence-corrected chi connectivity index (χ0v) is 11.1. The molecule has 0 bridgehead atoms. The first-order chi connectivity index (χ1) is 6.16. The largest absolute Gasteiger partial charge is 0.0619 e. The highest BCUT2D eigenvalue weighted by molar-refractivity contribution is 4.94. The minimum atomic E-state index is 0.463. The van der Waals surface area contributed by atoms with Crippen LogP contribution in [-0.2, 0) is 0 Å². The summed E-state index contributed by atoms with van der Waals surface area (Å²) in [5.41, 5.74) is 1.07. The van der Waals surface area contributed by atoms with Crippen molar-refractivity contribution in [2.45, 2.75) is 61.3 Å². The fourth-order valence-corrected chi connectivity index (χ4v) is 3.00. The number of hydrogen-bond acceptors (Lipinski definition) is 0. The molecule has 1 aliphatic carbocycles. The van der Waals surface area contributed by atoms with Crippen LogP contribution in [-0.4, -0.2) is 0 Å². The van der Waals surface area contributed by atoms with E-state index in [0.717, 1.165) is 17.8 Å². The highest BCUT2D eigenvalue weighted by atomic mass is 14.5. The minimum absolute atomic E-state index is 0.463. The Morgan fingerprint density at radius 2 is 1.64 bits per heavy atom. The lowest BCUT2D eigenvalue weighted by Gasteiger charge is -2.51. The molecule has 1 fully saturated rings. The van der Waals surface area contributed by atoms with Crippen LogP contribution in [0, 0.1) is 28.6 Å². The topological polar surface area (TPSA) is 0 Å². The molecular formula is C14H28. The quantitative estimate of drug-likeness (QED) is 0.598. The van der Waals surface area contributed by atoms with Crippen molar-refractivity contribution in [1.82, 2.24) is 0 Å². The van der Waals surface area contributed by atoms with Crippen molar-refractivity contribution in [3.8, 4) is 0 Å². The maximum Gasteiger partial charge on any atom is -0.0323 e. The van der Waals surface area contributed by atoms with Crippen LogP contribution in [0.1, 0.15) is 61.3 Å². The average molecular weight is 196 g/mol. The van der Waals surface area contributed by atoms with Gasteiger partial charge in [0, 0.05) is 0 Å². The molecule has 1 unspecified atom stereocenters. The van der Waals surface area contributed by atoms with Gasteiger partial charge < -0.3 is 0 Å². The van der Waals surface area contributed by atoms with Gasteiger partial charge in [-0.1, -0.05) is 48.5 Å². The summed E-state index contributed by atoms with van der Waals surface area (Å²) in [4.78, 5) is 0. The smallest absolute Gasteiger partial charge is 0.0323 e. The maximum absolute atomic E-state index is 2.46. The molecule has 0 saturated heterocycles. The van der Waals surface area contributed by atoms with Gasteiger partial charge in [-0.2, -0.15) is 0 Å². The van der Waals surface area contributed by atoms with Gasteiger partial charge >= 0.3 is 0 Å². The Hall–Kier alpha value is 0. The first kappa shape index (κ1) is 12.1. The summed E-state index contributed by atoms with van der Waals surface area (Å²) in [6.07, 6.45) is 2.88. The summed E-state index contributed by atoms with van der Waals surface area (Å²) in [5.74, 6) is 2.66. The molecule has 14 heavy (non-hydrogen) atoms. The van der Waals surface area contributed by atoms with Gasteiger partial charge in [0.1, 0.15) is 0 Å². The molecule has 84 valence electrons. The summed E-state index contributed by atoms with van der Waals surface area (Å²) in [7, 11) is 0. The van der Waals surface area contributed by atoms with Gasteiger partial charge in [0.2, 0.25) is 0 Å². The van der Waals surface area contributed by atoms with Crippen molar-refractivity contribution in [2.24, 2.45) is 28.6 Å². The van der Waals surface area contributed by atoms with Crippen LogP contribution in [0.15, 0.2) is 0 Å². The first-order valence-corrected chi connectivity index (χ1v) is 6.16. The molecule has 0 aromatic heterocycles. The molecule has 0 aliphatic heterocycles. The molecule has 1 aliphatic rings. The van der Waals surface area contributed by atoms with Gasteiger partial charge in [0.15, 0.2) is 0 Å². The van der Waals surface area contributed by atoms with Crippen molar-refractivity contribution in [2.75, 3.05) is 0 Å². The highest BCUT2D eigenvalue weighted by Gasteiger charge is 2.44. The van der Waals surface area contributed by atoms with Crippen LogP contribution in [0.2, 0.25) is 0 Å². The first-order valence-electron chi connectivity index (χ1n) is 6.16. The predicted molar refractivity (Wildman–Crippen MR) is 64.3 cm³/mol. The maximum atomic E-state index is 2.46. The Bertz CT molecular complexity index is 182. The zero-order chi connectivity index (χ0) is 11.1. The Balaban J connectivity index is 2.62. The van der Waals surface area contributed by atoms with E-state index >= 15 is 0 Å². The molecule has 0 aromatic carbocycles. The molecule has 0 spiro atoms. The summed E-state index contributed by atoms with van der Waals surface area (Å²) in [5, 5.41) is 0. The standard InChI is InChI=1S/C14H28/c1-10(11(2)13(3,4)5)12-8-9-14(12,6)7/h10-12H,8-9H2,1-7H3/t10-,11+,12?/m0/s1. The Morgan fingerprint density at radius 3 is 1.86 bits per heavy atom. The monoisotopic (exact) mass is 196 g/mol. The number of hydrogen-bond donors (Lipinski definition) is 0. The predicted octanol–water partition coefficient (Wildman–Crippen LogP) is 4.74. The van der Waals surface area contributed by atoms with Gasteiger partial charge in [-0.15, -0.1) is 0 Å². The van der Waals surface area contributed by atoms with Gasteiger partial charge in [-0.25, -0.2) is 0 Å². The third-order valence-corrected chi connectivity index (χ3v) is 4.89. The molecule has 1 saturated carbocycles. The van der Waals surface area contributed by atoms with E-state index in [4.69, 9.17) is 0 Å². The van der Waals surface area contributed by atoms with Crippen molar-refractivity contribution in [1.29, 1.82) is 0 Å². The Kier molecular flexibility index (Phi) is 3.05. The Labute approximate surface area is 90.5 Å². The van der Waals surface area contributed by atoms with E-state index in [1.807, 2.05) is 0 Å². The lowest BCUT2D eigenvalue weighted by molar-refractivity contribution is -0.0162. The lowest BCUT2D eigenvalue weighted by atomic mass is 9.54. The second-order valence-corrected chi connectivity index (χ2v) is 7.15. The van der Waals surface area contributed by atoms with Crippen molar-refractivity contribution in [3.05, 3.63) is 0 Å². The fraction of sp³-hybridized carbons (Fsp3) is 1.00. The molecule has 0 N–H and O–H groups in total. The minimum Gasteiger partial charge on any atom is -0.0619 e. The second-order valence-electron chi connectivity index (χ2n) is 7.15. The van der Waals surface area contributed by atoms with Crippen LogP contribution < -0.4 is 0 Å². The van der Waals surface area contributed by atoms with E-state index in [0.29, 0.717) is 10.8 Å². The zero-order valence-electron chi connectivity index (χ0n) is 11.1. The molecule has 0 aromatic rings. The lowest BCUT2D eigenvalue weighted by Crippen LogP contribution is -2.43. The summed E-state index contributed by atoms with van der Waals surface area (Å²) < 4.78 is 0. The molecule has 0 amide bonds. The van der Waals surface area contributed by atoms with Crippen LogP contribution in [0.4, 0.5) is 0 Å². The molecule has 3 atom stereocenters. The van der Waals surface area contributed by atoms with E-state index < -0.39 is 0 Å². The Morgan fingerprint density at radius 1 is 1.14 bits per heavy atom. The van der Waals surface area contributed by atoms with Crippen molar-refractivity contribution in [3.63, 3.8) is 0 Å². The molecule has 0 heterocycles. The van der Waals surface area contributed by atoms with E-state index in [2.05, 4.69) is 48.5 Å². The highest BCUT2D eigenvalue weighted by Crippen LogP contribution is 2.53. The second kappa shape index (κ2) is 3.54. The number of rotatable bonds is 2. The van der Waals surface area contributed by atoms with Gasteiger partial charge in [-0.05, 0) is 41.4 Å². The fourth-order valence-electron chi connectivity index (χ4n) is 3.00. The van der Waals surface area contributed by atoms with E-state index in [-0.39, 0.29) is 0 Å². The van der Waals surface area contributed by atoms with Crippen molar-refractivity contribution >= 4 is 0 Å². The van der Waals surface area contributed by atoms with Gasteiger partial charge in [-0.3, -0.25) is 0 Å². The third kappa shape index (κ3) is 2.15. The van der Waals surface area contributed by atoms with Gasteiger partial charge in [0.05, 0.1) is 0 Å². The molecule has 0 heteroatoms. The van der Waals surface area contributed by atoms with Crippen LogP contribution in [0.5, 0.6) is 0 Å². The molecule has 1 rings (SSSR count). The van der Waals surface area contributed by atoms with E-state index in [1.54, 1.807) is 0 Å². The van der Waals surface area contributed by atoms with Crippen LogP contribution >= 0.6 is 0 Å². The summed E-state index contributed by atoms with van der Waals surface area (Å²) in [6.45, 7) is 16.9. The molecule has 0 radical (unpaired) electrons. The van der Waals surface area contributed by atoms with Crippen LogP contribution in [0.25, 0.3) is 0 Å².